The number of anilines is 5. The minimum absolute atomic E-state index is 0.178. The third-order valence-corrected chi connectivity index (χ3v) is 5.13. The van der Waals surface area contributed by atoms with Crippen LogP contribution in [-0.4, -0.2) is 49.9 Å². The van der Waals surface area contributed by atoms with E-state index in [4.69, 9.17) is 4.74 Å². The molecule has 40 heavy (non-hydrogen) atoms. The predicted molar refractivity (Wildman–Crippen MR) is 138 cm³/mol. The van der Waals surface area contributed by atoms with Gasteiger partial charge in [0.25, 0.3) is 5.91 Å². The Labute approximate surface area is 225 Å². The van der Waals surface area contributed by atoms with Gasteiger partial charge in [-0.15, -0.1) is 5.06 Å². The van der Waals surface area contributed by atoms with Gasteiger partial charge in [0.05, 0.1) is 24.7 Å². The minimum atomic E-state index is -5.32. The molecule has 15 heteroatoms. The van der Waals surface area contributed by atoms with Gasteiger partial charge < -0.3 is 20.2 Å². The number of benzene rings is 1. The number of alkyl halides is 3. The lowest BCUT2D eigenvalue weighted by Gasteiger charge is -2.21. The molecule has 12 nitrogen and oxygen atoms in total. The molecule has 0 radical (unpaired) electrons. The minimum Gasteiger partial charge on any atom is -0.481 e. The highest BCUT2D eigenvalue weighted by atomic mass is 19.4. The molecule has 1 aromatic carbocycles. The van der Waals surface area contributed by atoms with Gasteiger partial charge in [-0.25, -0.2) is 14.8 Å². The quantitative estimate of drug-likeness (QED) is 0.240. The number of methoxy groups -OCH3 is 1. The Morgan fingerprint density at radius 3 is 2.50 bits per heavy atom. The van der Waals surface area contributed by atoms with Gasteiger partial charge in [-0.3, -0.25) is 9.48 Å². The van der Waals surface area contributed by atoms with Crippen molar-refractivity contribution in [1.82, 2.24) is 24.7 Å². The molecule has 1 amide bonds. The molecule has 0 atom stereocenters. The summed E-state index contributed by atoms with van der Waals surface area (Å²) in [4.78, 5) is 41.1. The van der Waals surface area contributed by atoms with Gasteiger partial charge in [0, 0.05) is 48.5 Å². The van der Waals surface area contributed by atoms with E-state index in [1.807, 2.05) is 0 Å². The van der Waals surface area contributed by atoms with Crippen LogP contribution < -0.4 is 20.4 Å². The molecule has 206 valence electrons. The van der Waals surface area contributed by atoms with Crippen LogP contribution in [0.3, 0.4) is 0 Å². The van der Waals surface area contributed by atoms with Gasteiger partial charge in [-0.2, -0.15) is 23.3 Å². The zero-order valence-electron chi connectivity index (χ0n) is 21.0. The summed E-state index contributed by atoms with van der Waals surface area (Å²) in [6.45, 7) is 3.25. The number of aryl methyl sites for hydroxylation is 1. The average Bonchev–Trinajstić information content (AvgIpc) is 3.35. The van der Waals surface area contributed by atoms with Crippen LogP contribution in [0.4, 0.5) is 42.0 Å². The molecule has 0 aliphatic rings. The summed E-state index contributed by atoms with van der Waals surface area (Å²) < 4.78 is 45.2. The molecule has 4 aromatic rings. The van der Waals surface area contributed by atoms with E-state index in [-0.39, 0.29) is 28.2 Å². The summed E-state index contributed by atoms with van der Waals surface area (Å²) in [5.41, 5.74) is 1.87. The van der Waals surface area contributed by atoms with Crippen LogP contribution in [0.1, 0.15) is 0 Å². The number of pyridine rings is 1. The number of ether oxygens (including phenoxy) is 1. The van der Waals surface area contributed by atoms with Crippen LogP contribution in [0.25, 0.3) is 11.1 Å². The smallest absolute Gasteiger partial charge is 0.481 e. The molecule has 0 bridgehead atoms. The van der Waals surface area contributed by atoms with Crippen LogP contribution in [-0.2, 0) is 21.5 Å². The highest BCUT2D eigenvalue weighted by molar-refractivity contribution is 6.01. The number of nitrogens with zero attached hydrogens (tertiary/aromatic N) is 6. The topological polar surface area (TPSA) is 136 Å². The Bertz CT molecular complexity index is 1540. The number of rotatable bonds is 8. The first-order valence-corrected chi connectivity index (χ1v) is 11.3. The molecule has 2 N–H and O–H groups in total. The second-order valence-electron chi connectivity index (χ2n) is 7.96. The van der Waals surface area contributed by atoms with Crippen molar-refractivity contribution in [2.45, 2.75) is 6.18 Å². The Hall–Kier alpha value is -5.47. The Kier molecular flexibility index (Phi) is 7.93. The van der Waals surface area contributed by atoms with Gasteiger partial charge in [0.2, 0.25) is 11.8 Å². The van der Waals surface area contributed by atoms with Crippen molar-refractivity contribution in [3.05, 3.63) is 73.8 Å². The molecule has 0 aliphatic heterocycles. The summed E-state index contributed by atoms with van der Waals surface area (Å²) in [7, 11) is 3.23. The predicted octanol–water partition coefficient (Wildman–Crippen LogP) is 4.31. The number of carbonyl (C=O) groups is 2. The Balaban J connectivity index is 1.71. The van der Waals surface area contributed by atoms with E-state index in [0.29, 0.717) is 28.8 Å². The van der Waals surface area contributed by atoms with Crippen LogP contribution in [0.2, 0.25) is 0 Å². The second-order valence-corrected chi connectivity index (χ2v) is 7.96. The first-order valence-electron chi connectivity index (χ1n) is 11.3. The maximum absolute atomic E-state index is 12.8. The largest absolute Gasteiger partial charge is 0.493 e. The second kappa shape index (κ2) is 11.5. The Morgan fingerprint density at radius 2 is 1.88 bits per heavy atom. The molecule has 0 saturated carbocycles. The number of hydrogen-bond acceptors (Lipinski definition) is 10. The molecule has 0 fully saturated rings. The monoisotopic (exact) mass is 554 g/mol. The average molecular weight is 554 g/mol. The van der Waals surface area contributed by atoms with Crippen molar-refractivity contribution in [3.63, 3.8) is 0 Å². The van der Waals surface area contributed by atoms with E-state index < -0.39 is 18.1 Å². The Morgan fingerprint density at radius 1 is 1.07 bits per heavy atom. The molecule has 0 aliphatic carbocycles. The van der Waals surface area contributed by atoms with Crippen molar-refractivity contribution in [1.29, 1.82) is 0 Å². The maximum Gasteiger partial charge on any atom is 0.493 e. The SMILES string of the molecule is C=CC(=O)N(OC(=O)C(F)(F)F)c1cccc(Nc2nc(Nc3cnn(C)c3)ncc2-c2ccc(OC)nc2)c1. The normalized spacial score (nSPS) is 10.9. The van der Waals surface area contributed by atoms with Gasteiger partial charge in [0.15, 0.2) is 0 Å². The molecular formula is C25H21F3N8O4. The lowest BCUT2D eigenvalue weighted by molar-refractivity contribution is -0.201. The van der Waals surface area contributed by atoms with Crippen molar-refractivity contribution in [2.75, 3.05) is 22.8 Å². The number of hydrogen-bond donors (Lipinski definition) is 2. The molecule has 0 saturated heterocycles. The van der Waals surface area contributed by atoms with E-state index in [2.05, 4.69) is 42.1 Å². The summed E-state index contributed by atoms with van der Waals surface area (Å²) in [6, 6.07) is 8.96. The van der Waals surface area contributed by atoms with E-state index in [1.165, 1.54) is 25.3 Å². The van der Waals surface area contributed by atoms with Gasteiger partial charge in [0.1, 0.15) is 5.82 Å². The number of nitrogens with one attached hydrogen (secondary N) is 2. The summed E-state index contributed by atoms with van der Waals surface area (Å²) in [6.07, 6.45) is 1.77. The molecule has 0 unspecified atom stereocenters. The molecule has 3 heterocycles. The van der Waals surface area contributed by atoms with Crippen molar-refractivity contribution in [3.8, 4) is 17.0 Å². The van der Waals surface area contributed by atoms with E-state index in [1.54, 1.807) is 54.7 Å². The van der Waals surface area contributed by atoms with Crippen LogP contribution in [0.5, 0.6) is 5.88 Å². The lowest BCUT2D eigenvalue weighted by atomic mass is 10.1. The fraction of sp³-hybridized carbons (Fsp3) is 0.120. The first-order chi connectivity index (χ1) is 19.1. The zero-order valence-corrected chi connectivity index (χ0v) is 21.0. The number of aromatic nitrogens is 5. The van der Waals surface area contributed by atoms with Crippen molar-refractivity contribution >= 4 is 40.7 Å². The first kappa shape index (κ1) is 27.6. The van der Waals surface area contributed by atoms with Crippen LogP contribution >= 0.6 is 0 Å². The maximum atomic E-state index is 12.8. The number of carbonyl (C=O) groups excluding carboxylic acids is 2. The fourth-order valence-corrected chi connectivity index (χ4v) is 3.31. The van der Waals surface area contributed by atoms with Gasteiger partial charge in [-0.1, -0.05) is 12.6 Å². The lowest BCUT2D eigenvalue weighted by Crippen LogP contribution is -2.37. The molecule has 3 aromatic heterocycles. The van der Waals surface area contributed by atoms with Crippen LogP contribution in [0, 0.1) is 0 Å². The summed E-state index contributed by atoms with van der Waals surface area (Å²) >= 11 is 0. The number of halogens is 3. The number of hydroxylamine groups is 1. The van der Waals surface area contributed by atoms with Gasteiger partial charge in [-0.05, 0) is 30.3 Å². The van der Waals surface area contributed by atoms with E-state index in [9.17, 15) is 22.8 Å². The van der Waals surface area contributed by atoms with Crippen molar-refractivity contribution in [2.24, 2.45) is 7.05 Å². The highest BCUT2D eigenvalue weighted by Crippen LogP contribution is 2.32. The molecular weight excluding hydrogens is 533 g/mol. The molecule has 4 rings (SSSR count). The van der Waals surface area contributed by atoms with Crippen LogP contribution in [0.15, 0.2) is 73.8 Å². The standard InChI is InChI=1S/C25H21F3N8O4/c1-4-21(37)36(40-23(38)25(26,27)28)18-7-5-6-16(10-18)32-22-19(15-8-9-20(39-3)29-11-15)13-30-24(34-22)33-17-12-31-35(2)14-17/h4-14H,1H2,2-3H3,(H2,30,32,33,34). The molecule has 0 spiro atoms. The fourth-order valence-electron chi connectivity index (χ4n) is 3.31. The van der Waals surface area contributed by atoms with Crippen molar-refractivity contribution < 1.29 is 32.3 Å². The van der Waals surface area contributed by atoms with Gasteiger partial charge >= 0.3 is 12.1 Å². The summed E-state index contributed by atoms with van der Waals surface area (Å²) in [5, 5.41) is 10.4. The van der Waals surface area contributed by atoms with E-state index in [0.717, 1.165) is 0 Å². The zero-order chi connectivity index (χ0) is 28.9. The number of amides is 1. The highest BCUT2D eigenvalue weighted by Gasteiger charge is 2.43. The third kappa shape index (κ3) is 6.50. The third-order valence-electron chi connectivity index (χ3n) is 5.13. The van der Waals surface area contributed by atoms with E-state index >= 15 is 0 Å². The summed E-state index contributed by atoms with van der Waals surface area (Å²) in [5.74, 6) is -2.79.